The van der Waals surface area contributed by atoms with Crippen molar-refractivity contribution in [3.8, 4) is 11.1 Å². The van der Waals surface area contributed by atoms with Crippen LogP contribution in [0.2, 0.25) is 0 Å². The summed E-state index contributed by atoms with van der Waals surface area (Å²) in [5.74, 6) is -1.02. The fourth-order valence-electron chi connectivity index (χ4n) is 4.24. The Morgan fingerprint density at radius 1 is 1.21 bits per heavy atom. The molecule has 4 rings (SSSR count). The third-order valence-corrected chi connectivity index (χ3v) is 5.42. The van der Waals surface area contributed by atoms with Gasteiger partial charge in [-0.3, -0.25) is 10.1 Å². The van der Waals surface area contributed by atoms with E-state index < -0.39 is 17.7 Å². The molecule has 0 radical (unpaired) electrons. The summed E-state index contributed by atoms with van der Waals surface area (Å²) < 4.78 is 6.00. The van der Waals surface area contributed by atoms with Crippen LogP contribution in [0.5, 0.6) is 0 Å². The molecular weight excluding hydrogens is 366 g/mol. The van der Waals surface area contributed by atoms with E-state index in [0.29, 0.717) is 11.3 Å². The molecule has 0 fully saturated rings. The van der Waals surface area contributed by atoms with Crippen molar-refractivity contribution in [2.24, 2.45) is 0 Å². The lowest BCUT2D eigenvalue weighted by Gasteiger charge is -2.28. The van der Waals surface area contributed by atoms with E-state index in [0.717, 1.165) is 34.9 Å². The van der Waals surface area contributed by atoms with Crippen LogP contribution in [0.4, 0.5) is 0 Å². The number of nitrogens with one attached hydrogen (secondary N) is 1. The number of carbonyl (C=O) groups is 1. The van der Waals surface area contributed by atoms with E-state index in [1.54, 1.807) is 12.4 Å². The normalized spacial score (nSPS) is 15.3. The number of aromatic amines is 1. The molecular formula is C23H27N3O3. The Morgan fingerprint density at radius 3 is 2.48 bits per heavy atom. The van der Waals surface area contributed by atoms with Crippen molar-refractivity contribution in [1.82, 2.24) is 15.2 Å². The Bertz CT molecular complexity index is 1070. The summed E-state index contributed by atoms with van der Waals surface area (Å²) in [7, 11) is 0. The molecule has 1 aromatic carbocycles. The molecule has 6 nitrogen and oxygen atoms in total. The number of hydrogen-bond acceptors (Lipinski definition) is 4. The molecule has 1 unspecified atom stereocenters. The molecule has 1 aliphatic carbocycles. The van der Waals surface area contributed by atoms with E-state index in [1.807, 2.05) is 27.7 Å². The van der Waals surface area contributed by atoms with Crippen LogP contribution >= 0.6 is 0 Å². The number of pyridine rings is 1. The van der Waals surface area contributed by atoms with Gasteiger partial charge in [-0.25, -0.2) is 4.79 Å². The van der Waals surface area contributed by atoms with Gasteiger partial charge < -0.3 is 9.84 Å². The number of aromatic nitrogens is 3. The van der Waals surface area contributed by atoms with Crippen LogP contribution in [0.1, 0.15) is 62.1 Å². The van der Waals surface area contributed by atoms with E-state index >= 15 is 0 Å². The molecule has 0 saturated carbocycles. The molecule has 2 aromatic heterocycles. The Hall–Kier alpha value is -2.73. The summed E-state index contributed by atoms with van der Waals surface area (Å²) in [5.41, 5.74) is 5.90. The molecule has 0 aliphatic heterocycles. The van der Waals surface area contributed by atoms with Crippen molar-refractivity contribution in [2.45, 2.75) is 65.1 Å². The first-order chi connectivity index (χ1) is 13.7. The van der Waals surface area contributed by atoms with Crippen LogP contribution in [0, 0.1) is 6.92 Å². The van der Waals surface area contributed by atoms with Crippen molar-refractivity contribution >= 4 is 16.9 Å². The van der Waals surface area contributed by atoms with E-state index in [4.69, 9.17) is 9.72 Å². The van der Waals surface area contributed by atoms with Gasteiger partial charge in [0.25, 0.3) is 0 Å². The Labute approximate surface area is 170 Å². The van der Waals surface area contributed by atoms with Crippen LogP contribution in [-0.2, 0) is 22.4 Å². The van der Waals surface area contributed by atoms with Crippen LogP contribution < -0.4 is 0 Å². The topological polar surface area (TPSA) is 88.1 Å². The third-order valence-electron chi connectivity index (χ3n) is 5.42. The van der Waals surface area contributed by atoms with Gasteiger partial charge in [0, 0.05) is 34.0 Å². The first-order valence-corrected chi connectivity index (χ1v) is 10.1. The number of aryl methyl sites for hydroxylation is 3. The van der Waals surface area contributed by atoms with Crippen molar-refractivity contribution < 1.29 is 14.6 Å². The van der Waals surface area contributed by atoms with Gasteiger partial charge in [-0.2, -0.15) is 5.10 Å². The summed E-state index contributed by atoms with van der Waals surface area (Å²) in [6.45, 7) is 7.45. The van der Waals surface area contributed by atoms with Gasteiger partial charge in [0.2, 0.25) is 0 Å². The summed E-state index contributed by atoms with van der Waals surface area (Å²) in [5, 5.41) is 17.9. The van der Waals surface area contributed by atoms with E-state index in [1.165, 1.54) is 24.0 Å². The molecule has 2 heterocycles. The smallest absolute Gasteiger partial charge is 0.337 e. The van der Waals surface area contributed by atoms with Crippen LogP contribution in [-0.4, -0.2) is 31.9 Å². The number of benzene rings is 1. The van der Waals surface area contributed by atoms with Crippen molar-refractivity contribution in [3.63, 3.8) is 0 Å². The van der Waals surface area contributed by atoms with Gasteiger partial charge in [0.15, 0.2) is 6.10 Å². The predicted molar refractivity (Wildman–Crippen MR) is 112 cm³/mol. The summed E-state index contributed by atoms with van der Waals surface area (Å²) in [4.78, 5) is 17.1. The Balaban J connectivity index is 2.04. The zero-order chi connectivity index (χ0) is 20.8. The lowest BCUT2D eigenvalue weighted by atomic mass is 9.86. The minimum atomic E-state index is -1.12. The van der Waals surface area contributed by atoms with Crippen LogP contribution in [0.15, 0.2) is 24.5 Å². The molecule has 29 heavy (non-hydrogen) atoms. The molecule has 0 spiro atoms. The Kier molecular flexibility index (Phi) is 4.90. The maximum absolute atomic E-state index is 12.2. The van der Waals surface area contributed by atoms with Crippen LogP contribution in [0.3, 0.4) is 0 Å². The quantitative estimate of drug-likeness (QED) is 0.668. The second-order valence-electron chi connectivity index (χ2n) is 8.77. The molecule has 6 heteroatoms. The molecule has 0 amide bonds. The zero-order valence-electron chi connectivity index (χ0n) is 17.4. The predicted octanol–water partition coefficient (Wildman–Crippen LogP) is 4.75. The van der Waals surface area contributed by atoms with E-state index in [2.05, 4.69) is 22.3 Å². The van der Waals surface area contributed by atoms with E-state index in [9.17, 15) is 9.90 Å². The number of rotatable bonds is 4. The number of ether oxygens (including phenoxy) is 1. The second-order valence-corrected chi connectivity index (χ2v) is 8.77. The molecule has 152 valence electrons. The lowest BCUT2D eigenvalue weighted by Crippen LogP contribution is -2.28. The van der Waals surface area contributed by atoms with Crippen LogP contribution in [0.25, 0.3) is 22.0 Å². The van der Waals surface area contributed by atoms with Crippen molar-refractivity contribution in [1.29, 1.82) is 0 Å². The maximum atomic E-state index is 12.2. The second kappa shape index (κ2) is 7.26. The number of carboxylic acid groups (broad SMARTS) is 1. The number of carboxylic acids is 1. The molecule has 0 bridgehead atoms. The van der Waals surface area contributed by atoms with Crippen molar-refractivity contribution in [3.05, 3.63) is 46.9 Å². The lowest BCUT2D eigenvalue weighted by molar-refractivity contribution is -0.160. The van der Waals surface area contributed by atoms with Gasteiger partial charge in [-0.05, 0) is 76.6 Å². The maximum Gasteiger partial charge on any atom is 0.337 e. The number of H-pyrrole nitrogens is 1. The molecule has 1 atom stereocenters. The van der Waals surface area contributed by atoms with Gasteiger partial charge >= 0.3 is 5.97 Å². The fourth-order valence-corrected chi connectivity index (χ4v) is 4.24. The SMILES string of the molecule is Cc1nc2cc3c(cc2c(-c2cn[nH]c2)c1C(OC(C)(C)C)C(=O)O)CCCC3. The van der Waals surface area contributed by atoms with Gasteiger partial charge in [0.1, 0.15) is 0 Å². The standard InChI is InChI=1S/C23H27N3O3/c1-13-19(21(22(27)28)29-23(2,3)4)20(16-11-24-25-12-16)17-9-14-7-5-6-8-15(14)10-18(17)26-13/h9-12,21H,5-8H2,1-4H3,(H,24,25)(H,27,28). The third kappa shape index (κ3) is 3.77. The highest BCUT2D eigenvalue weighted by molar-refractivity contribution is 5.99. The molecule has 3 aromatic rings. The summed E-state index contributed by atoms with van der Waals surface area (Å²) in [6.07, 6.45) is 6.90. The first-order valence-electron chi connectivity index (χ1n) is 10.1. The van der Waals surface area contributed by atoms with Gasteiger partial charge in [0.05, 0.1) is 17.3 Å². The highest BCUT2D eigenvalue weighted by Gasteiger charge is 2.32. The largest absolute Gasteiger partial charge is 0.479 e. The molecule has 2 N–H and O–H groups in total. The number of aliphatic carboxylic acids is 1. The molecule has 1 aliphatic rings. The summed E-state index contributed by atoms with van der Waals surface area (Å²) in [6, 6.07) is 4.36. The highest BCUT2D eigenvalue weighted by atomic mass is 16.5. The first kappa shape index (κ1) is 19.6. The number of nitrogens with zero attached hydrogens (tertiary/aromatic N) is 2. The monoisotopic (exact) mass is 393 g/mol. The van der Waals surface area contributed by atoms with E-state index in [-0.39, 0.29) is 0 Å². The average Bonchev–Trinajstić information content (AvgIpc) is 3.17. The number of fused-ring (bicyclic) bond motifs is 2. The molecule has 0 saturated heterocycles. The number of hydrogen-bond donors (Lipinski definition) is 2. The summed E-state index contributed by atoms with van der Waals surface area (Å²) >= 11 is 0. The zero-order valence-corrected chi connectivity index (χ0v) is 17.4. The highest BCUT2D eigenvalue weighted by Crippen LogP contribution is 2.40. The average molecular weight is 393 g/mol. The minimum absolute atomic E-state index is 0.595. The van der Waals surface area contributed by atoms with Gasteiger partial charge in [-0.1, -0.05) is 0 Å². The fraction of sp³-hybridized carbons (Fsp3) is 0.435. The van der Waals surface area contributed by atoms with Crippen molar-refractivity contribution in [2.75, 3.05) is 0 Å². The Morgan fingerprint density at radius 2 is 1.90 bits per heavy atom. The van der Waals surface area contributed by atoms with Gasteiger partial charge in [-0.15, -0.1) is 0 Å². The minimum Gasteiger partial charge on any atom is -0.479 e.